The van der Waals surface area contributed by atoms with Crippen LogP contribution in [0.4, 0.5) is 0 Å². The fourth-order valence-corrected chi connectivity index (χ4v) is 3.17. The number of pyridine rings is 1. The van der Waals surface area contributed by atoms with E-state index in [1.807, 2.05) is 12.1 Å². The monoisotopic (exact) mass is 294 g/mol. The SMILES string of the molecule is CC1(C(=O)O)CCCC1NC(=O)CSc1ccncc1. The third-order valence-electron chi connectivity index (χ3n) is 3.80. The number of carboxylic acid groups (broad SMARTS) is 1. The smallest absolute Gasteiger partial charge is 0.311 e. The summed E-state index contributed by atoms with van der Waals surface area (Å²) in [4.78, 5) is 28.2. The quantitative estimate of drug-likeness (QED) is 0.811. The molecule has 5 nitrogen and oxygen atoms in total. The Balaban J connectivity index is 1.87. The normalized spacial score (nSPS) is 25.4. The molecule has 0 spiro atoms. The van der Waals surface area contributed by atoms with Crippen molar-refractivity contribution in [2.75, 3.05) is 5.75 Å². The van der Waals surface area contributed by atoms with Gasteiger partial charge in [0.1, 0.15) is 0 Å². The molecule has 1 aliphatic rings. The Bertz CT molecular complexity index is 494. The number of hydrogen-bond acceptors (Lipinski definition) is 4. The predicted octanol–water partition coefficient (Wildman–Crippen LogP) is 1.93. The van der Waals surface area contributed by atoms with Gasteiger partial charge in [0.15, 0.2) is 0 Å². The molecule has 20 heavy (non-hydrogen) atoms. The molecule has 1 amide bonds. The van der Waals surface area contributed by atoms with Crippen LogP contribution in [0.2, 0.25) is 0 Å². The zero-order chi connectivity index (χ0) is 14.6. The summed E-state index contributed by atoms with van der Waals surface area (Å²) in [6.45, 7) is 1.71. The Morgan fingerprint density at radius 1 is 1.50 bits per heavy atom. The number of rotatable bonds is 5. The van der Waals surface area contributed by atoms with Crippen LogP contribution in [0.5, 0.6) is 0 Å². The Kier molecular flexibility index (Phi) is 4.65. The molecule has 1 aromatic rings. The Morgan fingerprint density at radius 3 is 2.85 bits per heavy atom. The first-order valence-corrected chi connectivity index (χ1v) is 7.56. The first kappa shape index (κ1) is 14.8. The van der Waals surface area contributed by atoms with Crippen LogP contribution >= 0.6 is 11.8 Å². The highest BCUT2D eigenvalue weighted by Crippen LogP contribution is 2.38. The molecule has 2 N–H and O–H groups in total. The average Bonchev–Trinajstić information content (AvgIpc) is 2.80. The third-order valence-corrected chi connectivity index (χ3v) is 4.81. The van der Waals surface area contributed by atoms with Crippen LogP contribution in [-0.2, 0) is 9.59 Å². The van der Waals surface area contributed by atoms with Gasteiger partial charge in [0, 0.05) is 23.3 Å². The van der Waals surface area contributed by atoms with Crippen LogP contribution < -0.4 is 5.32 Å². The minimum atomic E-state index is -0.836. The molecule has 0 radical (unpaired) electrons. The van der Waals surface area contributed by atoms with Gasteiger partial charge in [-0.05, 0) is 31.9 Å². The van der Waals surface area contributed by atoms with Crippen LogP contribution in [0, 0.1) is 5.41 Å². The van der Waals surface area contributed by atoms with Gasteiger partial charge in [-0.1, -0.05) is 6.42 Å². The Hall–Kier alpha value is -1.56. The molecule has 1 saturated carbocycles. The summed E-state index contributed by atoms with van der Waals surface area (Å²) in [6, 6.07) is 3.41. The summed E-state index contributed by atoms with van der Waals surface area (Å²) in [7, 11) is 0. The van der Waals surface area contributed by atoms with E-state index in [2.05, 4.69) is 10.3 Å². The molecule has 2 unspecified atom stereocenters. The molecule has 1 fully saturated rings. The van der Waals surface area contributed by atoms with Crippen molar-refractivity contribution in [2.24, 2.45) is 5.41 Å². The van der Waals surface area contributed by atoms with Crippen molar-refractivity contribution in [3.8, 4) is 0 Å². The van der Waals surface area contributed by atoms with E-state index >= 15 is 0 Å². The van der Waals surface area contributed by atoms with Crippen LogP contribution in [0.3, 0.4) is 0 Å². The lowest BCUT2D eigenvalue weighted by molar-refractivity contribution is -0.149. The zero-order valence-electron chi connectivity index (χ0n) is 11.3. The number of amides is 1. The van der Waals surface area contributed by atoms with E-state index < -0.39 is 11.4 Å². The number of nitrogens with zero attached hydrogens (tertiary/aromatic N) is 1. The van der Waals surface area contributed by atoms with Crippen molar-refractivity contribution in [1.29, 1.82) is 0 Å². The Labute approximate surface area is 122 Å². The largest absolute Gasteiger partial charge is 0.481 e. The van der Waals surface area contributed by atoms with Crippen molar-refractivity contribution < 1.29 is 14.7 Å². The second-order valence-corrected chi connectivity index (χ2v) is 6.26. The number of carboxylic acids is 1. The van der Waals surface area contributed by atoms with Gasteiger partial charge in [-0.2, -0.15) is 0 Å². The summed E-state index contributed by atoms with van der Waals surface area (Å²) in [5.41, 5.74) is -0.836. The summed E-state index contributed by atoms with van der Waals surface area (Å²) in [6.07, 6.45) is 5.54. The maximum atomic E-state index is 11.9. The molecule has 0 saturated heterocycles. The van der Waals surface area contributed by atoms with E-state index in [9.17, 15) is 14.7 Å². The second kappa shape index (κ2) is 6.26. The van der Waals surface area contributed by atoms with Crippen LogP contribution in [-0.4, -0.2) is 33.8 Å². The summed E-state index contributed by atoms with van der Waals surface area (Å²) >= 11 is 1.42. The van der Waals surface area contributed by atoms with Crippen molar-refractivity contribution in [3.05, 3.63) is 24.5 Å². The van der Waals surface area contributed by atoms with Crippen LogP contribution in [0.25, 0.3) is 0 Å². The number of nitrogens with one attached hydrogen (secondary N) is 1. The minimum absolute atomic E-state index is 0.119. The van der Waals surface area contributed by atoms with Gasteiger partial charge in [0.25, 0.3) is 0 Å². The first-order chi connectivity index (χ1) is 9.52. The molecule has 6 heteroatoms. The molecule has 0 aliphatic heterocycles. The maximum absolute atomic E-state index is 11.9. The average molecular weight is 294 g/mol. The number of carbonyl (C=O) groups is 2. The highest BCUT2D eigenvalue weighted by Gasteiger charge is 2.45. The molecule has 0 bridgehead atoms. The van der Waals surface area contributed by atoms with Gasteiger partial charge in [0.2, 0.25) is 5.91 Å². The molecule has 0 aromatic carbocycles. The van der Waals surface area contributed by atoms with Gasteiger partial charge < -0.3 is 10.4 Å². The predicted molar refractivity (Wildman–Crippen MR) is 76.5 cm³/mol. The summed E-state index contributed by atoms with van der Waals surface area (Å²) < 4.78 is 0. The molecule has 108 valence electrons. The molecule has 1 aromatic heterocycles. The number of thioether (sulfide) groups is 1. The number of hydrogen-bond donors (Lipinski definition) is 2. The standard InChI is InChI=1S/C14H18N2O3S/c1-14(13(18)19)6-2-3-11(14)16-12(17)9-20-10-4-7-15-8-5-10/h4-5,7-8,11H,2-3,6,9H2,1H3,(H,16,17)(H,18,19). The third kappa shape index (κ3) is 3.30. The Morgan fingerprint density at radius 2 is 2.20 bits per heavy atom. The van der Waals surface area contributed by atoms with Crippen molar-refractivity contribution in [2.45, 2.75) is 37.1 Å². The van der Waals surface area contributed by atoms with Gasteiger partial charge in [0.05, 0.1) is 11.2 Å². The van der Waals surface area contributed by atoms with Gasteiger partial charge in [-0.15, -0.1) is 11.8 Å². The van der Waals surface area contributed by atoms with E-state index in [4.69, 9.17) is 0 Å². The van der Waals surface area contributed by atoms with Crippen LogP contribution in [0.1, 0.15) is 26.2 Å². The fourth-order valence-electron chi connectivity index (χ4n) is 2.47. The molecular formula is C14H18N2O3S. The van der Waals surface area contributed by atoms with Gasteiger partial charge >= 0.3 is 5.97 Å². The highest BCUT2D eigenvalue weighted by atomic mass is 32.2. The van der Waals surface area contributed by atoms with E-state index in [1.54, 1.807) is 19.3 Å². The fraction of sp³-hybridized carbons (Fsp3) is 0.500. The van der Waals surface area contributed by atoms with Crippen molar-refractivity contribution in [1.82, 2.24) is 10.3 Å². The van der Waals surface area contributed by atoms with Crippen molar-refractivity contribution in [3.63, 3.8) is 0 Å². The lowest BCUT2D eigenvalue weighted by Crippen LogP contribution is -2.47. The minimum Gasteiger partial charge on any atom is -0.481 e. The summed E-state index contributed by atoms with van der Waals surface area (Å²) in [5.74, 6) is -0.663. The van der Waals surface area contributed by atoms with Crippen molar-refractivity contribution >= 4 is 23.6 Å². The lowest BCUT2D eigenvalue weighted by Gasteiger charge is -2.27. The molecular weight excluding hydrogens is 276 g/mol. The van der Waals surface area contributed by atoms with Gasteiger partial charge in [-0.25, -0.2) is 0 Å². The molecule has 2 rings (SSSR count). The maximum Gasteiger partial charge on any atom is 0.311 e. The lowest BCUT2D eigenvalue weighted by atomic mass is 9.85. The highest BCUT2D eigenvalue weighted by molar-refractivity contribution is 8.00. The zero-order valence-corrected chi connectivity index (χ0v) is 12.2. The molecule has 2 atom stereocenters. The van der Waals surface area contributed by atoms with E-state index in [-0.39, 0.29) is 17.7 Å². The first-order valence-electron chi connectivity index (χ1n) is 6.58. The number of aromatic nitrogens is 1. The number of carbonyl (C=O) groups excluding carboxylic acids is 1. The van der Waals surface area contributed by atoms with Gasteiger partial charge in [-0.3, -0.25) is 14.6 Å². The molecule has 1 heterocycles. The topological polar surface area (TPSA) is 79.3 Å². The number of aliphatic carboxylic acids is 1. The second-order valence-electron chi connectivity index (χ2n) is 5.21. The summed E-state index contributed by atoms with van der Waals surface area (Å²) in [5, 5.41) is 12.2. The van der Waals surface area contributed by atoms with E-state index in [0.29, 0.717) is 6.42 Å². The molecule has 1 aliphatic carbocycles. The van der Waals surface area contributed by atoms with E-state index in [1.165, 1.54) is 11.8 Å². The van der Waals surface area contributed by atoms with Crippen LogP contribution in [0.15, 0.2) is 29.4 Å². The van der Waals surface area contributed by atoms with E-state index in [0.717, 1.165) is 17.7 Å².